The summed E-state index contributed by atoms with van der Waals surface area (Å²) < 4.78 is 17.1. The number of aromatic nitrogens is 3. The molecule has 0 aliphatic rings. The van der Waals surface area contributed by atoms with Gasteiger partial charge in [-0.2, -0.15) is 0 Å². The summed E-state index contributed by atoms with van der Waals surface area (Å²) in [4.78, 5) is 36.4. The summed E-state index contributed by atoms with van der Waals surface area (Å²) in [7, 11) is 4.25. The Labute approximate surface area is 207 Å². The summed E-state index contributed by atoms with van der Waals surface area (Å²) in [5, 5.41) is 11.5. The van der Waals surface area contributed by atoms with Gasteiger partial charge < -0.3 is 24.1 Å². The molecule has 1 aromatic heterocycles. The molecule has 1 heterocycles. The van der Waals surface area contributed by atoms with Crippen LogP contribution < -0.4 is 10.1 Å². The Balaban J connectivity index is 1.63. The number of benzene rings is 2. The number of anilines is 1. The molecular weight excluding hydrogens is 472 g/mol. The minimum atomic E-state index is -0.643. The number of thioether (sulfide) groups is 1. The zero-order valence-electron chi connectivity index (χ0n) is 20.1. The average Bonchev–Trinajstić information content (AvgIpc) is 3.21. The lowest BCUT2D eigenvalue weighted by Gasteiger charge is -2.11. The topological polar surface area (TPSA) is 122 Å². The predicted octanol–water partition coefficient (Wildman–Crippen LogP) is 3.31. The number of esters is 2. The third-order valence-corrected chi connectivity index (χ3v) is 6.25. The van der Waals surface area contributed by atoms with Crippen molar-refractivity contribution in [3.05, 3.63) is 64.5 Å². The van der Waals surface area contributed by atoms with Crippen molar-refractivity contribution in [2.24, 2.45) is 7.05 Å². The van der Waals surface area contributed by atoms with E-state index in [9.17, 15) is 14.4 Å². The smallest absolute Gasteiger partial charge is 0.337 e. The summed E-state index contributed by atoms with van der Waals surface area (Å²) >= 11 is 1.19. The standard InChI is InChI=1S/C24H26N4O6S/c1-14-7-6-8-19(15(14)2)34-12-20-26-27-24(28(20)3)35-13-21(29)25-18-10-16(22(30)32-4)9-17(11-18)23(31)33-5/h6-11H,12-13H2,1-5H3,(H,25,29). The maximum atomic E-state index is 12.5. The Bertz CT molecular complexity index is 1220. The molecule has 0 bridgehead atoms. The van der Waals surface area contributed by atoms with Gasteiger partial charge in [0.05, 0.1) is 31.1 Å². The molecule has 0 saturated carbocycles. The van der Waals surface area contributed by atoms with Gasteiger partial charge in [0.1, 0.15) is 12.4 Å². The van der Waals surface area contributed by atoms with Crippen LogP contribution in [0.3, 0.4) is 0 Å². The SMILES string of the molecule is COC(=O)c1cc(NC(=O)CSc2nnc(COc3cccc(C)c3C)n2C)cc(C(=O)OC)c1. The zero-order chi connectivity index (χ0) is 25.5. The molecule has 11 heteroatoms. The van der Waals surface area contributed by atoms with Crippen molar-refractivity contribution in [2.45, 2.75) is 25.6 Å². The molecular formula is C24H26N4O6S. The van der Waals surface area contributed by atoms with E-state index in [1.54, 1.807) is 11.6 Å². The van der Waals surface area contributed by atoms with Gasteiger partial charge in [0.2, 0.25) is 5.91 Å². The van der Waals surface area contributed by atoms with Gasteiger partial charge in [-0.05, 0) is 49.2 Å². The lowest BCUT2D eigenvalue weighted by atomic mass is 10.1. The van der Waals surface area contributed by atoms with Crippen LogP contribution in [-0.2, 0) is 27.9 Å². The Kier molecular flexibility index (Phi) is 8.48. The maximum Gasteiger partial charge on any atom is 0.337 e. The maximum absolute atomic E-state index is 12.5. The van der Waals surface area contributed by atoms with E-state index in [-0.39, 0.29) is 35.1 Å². The average molecular weight is 499 g/mol. The second kappa shape index (κ2) is 11.5. The molecule has 0 atom stereocenters. The minimum Gasteiger partial charge on any atom is -0.485 e. The van der Waals surface area contributed by atoms with Crippen LogP contribution in [0.1, 0.15) is 37.7 Å². The summed E-state index contributed by atoms with van der Waals surface area (Å²) in [5.41, 5.74) is 2.69. The summed E-state index contributed by atoms with van der Waals surface area (Å²) in [6.07, 6.45) is 0. The van der Waals surface area contributed by atoms with E-state index >= 15 is 0 Å². The number of nitrogens with one attached hydrogen (secondary N) is 1. The third kappa shape index (κ3) is 6.38. The molecule has 0 spiro atoms. The second-order valence-electron chi connectivity index (χ2n) is 7.56. The van der Waals surface area contributed by atoms with Gasteiger partial charge in [0.25, 0.3) is 0 Å². The molecule has 0 fully saturated rings. The molecule has 184 valence electrons. The molecule has 1 amide bonds. The van der Waals surface area contributed by atoms with Gasteiger partial charge in [-0.1, -0.05) is 23.9 Å². The van der Waals surface area contributed by atoms with Gasteiger partial charge in [-0.15, -0.1) is 10.2 Å². The molecule has 0 aliphatic heterocycles. The highest BCUT2D eigenvalue weighted by molar-refractivity contribution is 7.99. The minimum absolute atomic E-state index is 0.0276. The van der Waals surface area contributed by atoms with Crippen LogP contribution in [0.4, 0.5) is 5.69 Å². The fourth-order valence-electron chi connectivity index (χ4n) is 3.12. The number of amides is 1. The summed E-state index contributed by atoms with van der Waals surface area (Å²) in [6, 6.07) is 10.0. The number of nitrogens with zero attached hydrogens (tertiary/aromatic N) is 3. The van der Waals surface area contributed by atoms with Crippen molar-refractivity contribution in [1.82, 2.24) is 14.8 Å². The van der Waals surface area contributed by atoms with E-state index in [1.807, 2.05) is 32.0 Å². The molecule has 2 aromatic carbocycles. The fourth-order valence-corrected chi connectivity index (χ4v) is 3.85. The highest BCUT2D eigenvalue weighted by Gasteiger charge is 2.16. The van der Waals surface area contributed by atoms with Gasteiger partial charge in [0.15, 0.2) is 11.0 Å². The first-order chi connectivity index (χ1) is 16.7. The number of carbonyl (C=O) groups is 3. The number of hydrogen-bond donors (Lipinski definition) is 1. The van der Waals surface area contributed by atoms with Gasteiger partial charge in [-0.3, -0.25) is 4.79 Å². The van der Waals surface area contributed by atoms with Crippen LogP contribution >= 0.6 is 11.8 Å². The highest BCUT2D eigenvalue weighted by Crippen LogP contribution is 2.23. The molecule has 0 aliphatic carbocycles. The highest BCUT2D eigenvalue weighted by atomic mass is 32.2. The van der Waals surface area contributed by atoms with E-state index in [2.05, 4.69) is 15.5 Å². The van der Waals surface area contributed by atoms with E-state index in [0.717, 1.165) is 16.9 Å². The van der Waals surface area contributed by atoms with Crippen molar-refractivity contribution in [3.8, 4) is 5.75 Å². The number of aryl methyl sites for hydroxylation is 1. The molecule has 0 radical (unpaired) electrons. The Morgan fingerprint density at radius 3 is 2.29 bits per heavy atom. The monoisotopic (exact) mass is 498 g/mol. The normalized spacial score (nSPS) is 10.5. The van der Waals surface area contributed by atoms with E-state index in [4.69, 9.17) is 14.2 Å². The molecule has 0 unspecified atom stereocenters. The van der Waals surface area contributed by atoms with Gasteiger partial charge >= 0.3 is 11.9 Å². The quantitative estimate of drug-likeness (QED) is 0.350. The number of rotatable bonds is 9. The molecule has 1 N–H and O–H groups in total. The first kappa shape index (κ1) is 25.8. The Morgan fingerprint density at radius 2 is 1.66 bits per heavy atom. The third-order valence-electron chi connectivity index (χ3n) is 5.23. The number of methoxy groups -OCH3 is 2. The molecule has 10 nitrogen and oxygen atoms in total. The van der Waals surface area contributed by atoms with Crippen LogP contribution in [0.25, 0.3) is 0 Å². The van der Waals surface area contributed by atoms with E-state index in [1.165, 1.54) is 44.2 Å². The predicted molar refractivity (Wildman–Crippen MR) is 130 cm³/mol. The number of carbonyl (C=O) groups excluding carboxylic acids is 3. The largest absolute Gasteiger partial charge is 0.485 e. The molecule has 3 rings (SSSR count). The van der Waals surface area contributed by atoms with Crippen molar-refractivity contribution in [3.63, 3.8) is 0 Å². The van der Waals surface area contributed by atoms with Crippen molar-refractivity contribution in [1.29, 1.82) is 0 Å². The summed E-state index contributed by atoms with van der Waals surface area (Å²) in [6.45, 7) is 4.25. The molecule has 35 heavy (non-hydrogen) atoms. The van der Waals surface area contributed by atoms with Crippen molar-refractivity contribution < 1.29 is 28.6 Å². The second-order valence-corrected chi connectivity index (χ2v) is 8.51. The Hall–Kier alpha value is -3.86. The first-order valence-electron chi connectivity index (χ1n) is 10.5. The lowest BCUT2D eigenvalue weighted by Crippen LogP contribution is -2.16. The summed E-state index contributed by atoms with van der Waals surface area (Å²) in [5.74, 6) is -0.223. The van der Waals surface area contributed by atoms with Crippen LogP contribution in [0, 0.1) is 13.8 Å². The van der Waals surface area contributed by atoms with Crippen LogP contribution in [0.2, 0.25) is 0 Å². The van der Waals surface area contributed by atoms with Crippen LogP contribution in [-0.4, -0.2) is 52.6 Å². The lowest BCUT2D eigenvalue weighted by molar-refractivity contribution is -0.113. The van der Waals surface area contributed by atoms with Crippen molar-refractivity contribution >= 4 is 35.3 Å². The number of ether oxygens (including phenoxy) is 3. The molecule has 3 aromatic rings. The Morgan fingerprint density at radius 1 is 1.00 bits per heavy atom. The first-order valence-corrected chi connectivity index (χ1v) is 11.5. The molecule has 0 saturated heterocycles. The number of hydrogen-bond acceptors (Lipinski definition) is 9. The fraction of sp³-hybridized carbons (Fsp3) is 0.292. The zero-order valence-corrected chi connectivity index (χ0v) is 20.9. The van der Waals surface area contributed by atoms with E-state index in [0.29, 0.717) is 11.0 Å². The van der Waals surface area contributed by atoms with Crippen LogP contribution in [0.5, 0.6) is 5.75 Å². The van der Waals surface area contributed by atoms with E-state index < -0.39 is 11.9 Å². The van der Waals surface area contributed by atoms with Crippen LogP contribution in [0.15, 0.2) is 41.6 Å². The van der Waals surface area contributed by atoms with Crippen molar-refractivity contribution in [2.75, 3.05) is 25.3 Å². The van der Waals surface area contributed by atoms with Gasteiger partial charge in [0, 0.05) is 12.7 Å². The van der Waals surface area contributed by atoms with Gasteiger partial charge in [-0.25, -0.2) is 9.59 Å².